The molecule has 0 aliphatic heterocycles. The van der Waals surface area contributed by atoms with E-state index in [0.717, 1.165) is 5.56 Å². The predicted molar refractivity (Wildman–Crippen MR) is 64.0 cm³/mol. The van der Waals surface area contributed by atoms with E-state index in [1.165, 1.54) is 12.1 Å². The lowest BCUT2D eigenvalue weighted by Gasteiger charge is -2.09. The molecule has 0 aliphatic rings. The average molecular weight is 232 g/mol. The summed E-state index contributed by atoms with van der Waals surface area (Å²) in [6.07, 6.45) is 4.99. The lowest BCUT2D eigenvalue weighted by Crippen LogP contribution is -2.29. The van der Waals surface area contributed by atoms with Crippen LogP contribution < -0.4 is 10.6 Å². The number of aryl methyl sites for hydroxylation is 1. The van der Waals surface area contributed by atoms with Gasteiger partial charge in [-0.2, -0.15) is 0 Å². The standard InChI is InChI=1S/C12H12N2O3/c1-3-6-13-12(17)14-10-7-9(11(15)16)5-4-8(10)2/h1,4-5,7H,6H2,2H3,(H,15,16)(H2,13,14,17). The number of nitrogens with one attached hydrogen (secondary N) is 2. The highest BCUT2D eigenvalue weighted by molar-refractivity contribution is 5.94. The van der Waals surface area contributed by atoms with Crippen molar-refractivity contribution in [1.82, 2.24) is 5.32 Å². The van der Waals surface area contributed by atoms with Gasteiger partial charge in [0, 0.05) is 5.69 Å². The third-order valence-corrected chi connectivity index (χ3v) is 2.08. The highest BCUT2D eigenvalue weighted by Gasteiger charge is 2.08. The Labute approximate surface area is 98.8 Å². The van der Waals surface area contributed by atoms with E-state index in [1.807, 2.05) is 0 Å². The van der Waals surface area contributed by atoms with Gasteiger partial charge in [-0.1, -0.05) is 12.0 Å². The smallest absolute Gasteiger partial charge is 0.335 e. The van der Waals surface area contributed by atoms with Crippen LogP contribution in [0.1, 0.15) is 15.9 Å². The Kier molecular flexibility index (Phi) is 4.12. The van der Waals surface area contributed by atoms with E-state index >= 15 is 0 Å². The van der Waals surface area contributed by atoms with E-state index in [-0.39, 0.29) is 12.1 Å². The zero-order valence-electron chi connectivity index (χ0n) is 9.28. The summed E-state index contributed by atoms with van der Waals surface area (Å²) in [6.45, 7) is 1.88. The maximum atomic E-state index is 11.3. The summed E-state index contributed by atoms with van der Waals surface area (Å²) in [4.78, 5) is 22.1. The third-order valence-electron chi connectivity index (χ3n) is 2.08. The molecule has 0 saturated carbocycles. The second kappa shape index (κ2) is 5.56. The quantitative estimate of drug-likeness (QED) is 0.690. The number of carboxylic acids is 1. The number of anilines is 1. The first-order valence-electron chi connectivity index (χ1n) is 4.87. The van der Waals surface area contributed by atoms with Gasteiger partial charge in [-0.15, -0.1) is 6.42 Å². The minimum absolute atomic E-state index is 0.114. The van der Waals surface area contributed by atoms with E-state index in [4.69, 9.17) is 11.5 Å². The van der Waals surface area contributed by atoms with Gasteiger partial charge in [0.1, 0.15) is 0 Å². The van der Waals surface area contributed by atoms with Crippen LogP contribution in [0.25, 0.3) is 0 Å². The Balaban J connectivity index is 2.83. The molecule has 0 heterocycles. The SMILES string of the molecule is C#CCNC(=O)Nc1cc(C(=O)O)ccc1C. The number of carbonyl (C=O) groups is 2. The minimum Gasteiger partial charge on any atom is -0.478 e. The largest absolute Gasteiger partial charge is 0.478 e. The molecule has 0 aliphatic carbocycles. The number of hydrogen-bond donors (Lipinski definition) is 3. The number of terminal acetylenes is 1. The first-order chi connectivity index (χ1) is 8.04. The number of benzene rings is 1. The van der Waals surface area contributed by atoms with Crippen LogP contribution in [0.3, 0.4) is 0 Å². The minimum atomic E-state index is -1.04. The van der Waals surface area contributed by atoms with E-state index in [9.17, 15) is 9.59 Å². The number of urea groups is 1. The van der Waals surface area contributed by atoms with Crippen molar-refractivity contribution in [2.45, 2.75) is 6.92 Å². The summed E-state index contributed by atoms with van der Waals surface area (Å²) in [5.74, 6) is 1.22. The van der Waals surface area contributed by atoms with Crippen molar-refractivity contribution in [3.05, 3.63) is 29.3 Å². The van der Waals surface area contributed by atoms with Crippen LogP contribution in [-0.2, 0) is 0 Å². The second-order valence-corrected chi connectivity index (χ2v) is 3.35. The van der Waals surface area contributed by atoms with Crippen molar-refractivity contribution >= 4 is 17.7 Å². The Hall–Kier alpha value is -2.48. The van der Waals surface area contributed by atoms with Crippen molar-refractivity contribution in [3.8, 4) is 12.3 Å². The number of hydrogen-bond acceptors (Lipinski definition) is 2. The molecule has 5 heteroatoms. The van der Waals surface area contributed by atoms with Crippen LogP contribution in [0.5, 0.6) is 0 Å². The van der Waals surface area contributed by atoms with E-state index in [2.05, 4.69) is 16.6 Å². The fourth-order valence-electron chi connectivity index (χ4n) is 1.19. The van der Waals surface area contributed by atoms with Gasteiger partial charge >= 0.3 is 12.0 Å². The topological polar surface area (TPSA) is 78.4 Å². The number of carbonyl (C=O) groups excluding carboxylic acids is 1. The van der Waals surface area contributed by atoms with Gasteiger partial charge in [-0.3, -0.25) is 0 Å². The molecule has 0 atom stereocenters. The normalized spacial score (nSPS) is 9.18. The van der Waals surface area contributed by atoms with Gasteiger partial charge in [0.25, 0.3) is 0 Å². The monoisotopic (exact) mass is 232 g/mol. The van der Waals surface area contributed by atoms with Gasteiger partial charge in [0.05, 0.1) is 12.1 Å². The molecule has 0 radical (unpaired) electrons. The van der Waals surface area contributed by atoms with Crippen molar-refractivity contribution < 1.29 is 14.7 Å². The van der Waals surface area contributed by atoms with Crippen LogP contribution >= 0.6 is 0 Å². The molecular weight excluding hydrogens is 220 g/mol. The first-order valence-corrected chi connectivity index (χ1v) is 4.87. The maximum Gasteiger partial charge on any atom is 0.335 e. The molecule has 17 heavy (non-hydrogen) atoms. The lowest BCUT2D eigenvalue weighted by atomic mass is 10.1. The van der Waals surface area contributed by atoms with Crippen molar-refractivity contribution in [1.29, 1.82) is 0 Å². The van der Waals surface area contributed by atoms with E-state index < -0.39 is 12.0 Å². The molecule has 88 valence electrons. The number of rotatable bonds is 3. The summed E-state index contributed by atoms with van der Waals surface area (Å²) in [7, 11) is 0. The fourth-order valence-corrected chi connectivity index (χ4v) is 1.19. The van der Waals surface area contributed by atoms with Gasteiger partial charge in [0.2, 0.25) is 0 Å². The molecule has 3 N–H and O–H groups in total. The zero-order valence-corrected chi connectivity index (χ0v) is 9.28. The second-order valence-electron chi connectivity index (χ2n) is 3.35. The van der Waals surface area contributed by atoms with Gasteiger partial charge < -0.3 is 15.7 Å². The van der Waals surface area contributed by atoms with Crippen molar-refractivity contribution in [3.63, 3.8) is 0 Å². The summed E-state index contributed by atoms with van der Waals surface area (Å²) in [5, 5.41) is 13.8. The zero-order chi connectivity index (χ0) is 12.8. The van der Waals surface area contributed by atoms with Crippen LogP contribution in [0.4, 0.5) is 10.5 Å². The molecule has 1 rings (SSSR count). The summed E-state index contributed by atoms with van der Waals surface area (Å²) >= 11 is 0. The van der Waals surface area contributed by atoms with Crippen molar-refractivity contribution in [2.24, 2.45) is 0 Å². The molecule has 2 amide bonds. The third kappa shape index (κ3) is 3.54. The maximum absolute atomic E-state index is 11.3. The number of amides is 2. The molecule has 1 aromatic carbocycles. The molecule has 0 unspecified atom stereocenters. The highest BCUT2D eigenvalue weighted by atomic mass is 16.4. The Morgan fingerprint density at radius 2 is 2.18 bits per heavy atom. The predicted octanol–water partition coefficient (Wildman–Crippen LogP) is 1.45. The van der Waals surface area contributed by atoms with Crippen molar-refractivity contribution in [2.75, 3.05) is 11.9 Å². The molecular formula is C12H12N2O3. The summed E-state index contributed by atoms with van der Waals surface area (Å²) in [5.41, 5.74) is 1.33. The van der Waals surface area contributed by atoms with Gasteiger partial charge in [0.15, 0.2) is 0 Å². The average Bonchev–Trinajstić information content (AvgIpc) is 2.29. The fraction of sp³-hybridized carbons (Fsp3) is 0.167. The van der Waals surface area contributed by atoms with E-state index in [0.29, 0.717) is 5.69 Å². The summed E-state index contributed by atoms with van der Waals surface area (Å²) in [6, 6.07) is 4.03. The molecule has 5 nitrogen and oxygen atoms in total. The van der Waals surface area contributed by atoms with Crippen LogP contribution in [0, 0.1) is 19.3 Å². The summed E-state index contributed by atoms with van der Waals surface area (Å²) < 4.78 is 0. The molecule has 0 aromatic heterocycles. The molecule has 0 saturated heterocycles. The Morgan fingerprint density at radius 3 is 2.76 bits per heavy atom. The van der Waals surface area contributed by atoms with Crippen LogP contribution in [0.15, 0.2) is 18.2 Å². The lowest BCUT2D eigenvalue weighted by molar-refractivity contribution is 0.0697. The molecule has 0 bridgehead atoms. The first kappa shape index (κ1) is 12.6. The molecule has 1 aromatic rings. The number of carboxylic acid groups (broad SMARTS) is 1. The van der Waals surface area contributed by atoms with Gasteiger partial charge in [-0.05, 0) is 24.6 Å². The Bertz CT molecular complexity index is 489. The van der Waals surface area contributed by atoms with E-state index in [1.54, 1.807) is 13.0 Å². The Morgan fingerprint density at radius 1 is 1.47 bits per heavy atom. The number of aromatic carboxylic acids is 1. The van der Waals surface area contributed by atoms with Crippen LogP contribution in [0.2, 0.25) is 0 Å². The van der Waals surface area contributed by atoms with Gasteiger partial charge in [-0.25, -0.2) is 9.59 Å². The molecule has 0 spiro atoms. The van der Waals surface area contributed by atoms with Crippen LogP contribution in [-0.4, -0.2) is 23.7 Å². The highest BCUT2D eigenvalue weighted by Crippen LogP contribution is 2.16. The molecule has 0 fully saturated rings.